The van der Waals surface area contributed by atoms with Crippen molar-refractivity contribution in [3.05, 3.63) is 119 Å². The second kappa shape index (κ2) is 10.9. The normalized spacial score (nSPS) is 14.4. The molecule has 2 aromatic heterocycles. The Labute approximate surface area is 221 Å². The molecule has 6 nitrogen and oxygen atoms in total. The van der Waals surface area contributed by atoms with Gasteiger partial charge in [-0.2, -0.15) is 0 Å². The number of benzene rings is 3. The number of ether oxygens (including phenoxy) is 1. The number of aromatic nitrogens is 2. The van der Waals surface area contributed by atoms with Gasteiger partial charge in [0.15, 0.2) is 0 Å². The Morgan fingerprint density at radius 1 is 0.868 bits per heavy atom. The average Bonchev–Trinajstić information content (AvgIpc) is 2.95. The van der Waals surface area contributed by atoms with E-state index in [1.165, 1.54) is 6.07 Å². The number of pyridine rings is 2. The summed E-state index contributed by atoms with van der Waals surface area (Å²) in [5, 5.41) is 4.58. The highest BCUT2D eigenvalue weighted by molar-refractivity contribution is 5.85. The van der Waals surface area contributed by atoms with Gasteiger partial charge in [-0.05, 0) is 72.5 Å². The van der Waals surface area contributed by atoms with Crippen LogP contribution in [0.15, 0.2) is 108 Å². The van der Waals surface area contributed by atoms with Crippen molar-refractivity contribution in [2.24, 2.45) is 0 Å². The molecular weight excluding hydrogens is 472 g/mol. The van der Waals surface area contributed by atoms with Crippen molar-refractivity contribution in [3.63, 3.8) is 0 Å². The van der Waals surface area contributed by atoms with Crippen LogP contribution < -0.4 is 15.6 Å². The lowest BCUT2D eigenvalue weighted by molar-refractivity contribution is 0.209. The van der Waals surface area contributed by atoms with Gasteiger partial charge in [0.1, 0.15) is 11.5 Å². The highest BCUT2D eigenvalue weighted by Gasteiger charge is 2.19. The molecule has 0 spiro atoms. The highest BCUT2D eigenvalue weighted by Crippen LogP contribution is 2.31. The van der Waals surface area contributed by atoms with Crippen LogP contribution in [0.1, 0.15) is 18.5 Å². The Morgan fingerprint density at radius 2 is 1.68 bits per heavy atom. The van der Waals surface area contributed by atoms with E-state index in [1.54, 1.807) is 0 Å². The van der Waals surface area contributed by atoms with Crippen molar-refractivity contribution in [2.45, 2.75) is 25.4 Å². The smallest absolute Gasteiger partial charge is 0.252 e. The van der Waals surface area contributed by atoms with Gasteiger partial charge in [0.05, 0.1) is 11.2 Å². The quantitative estimate of drug-likeness (QED) is 0.267. The number of para-hydroxylation sites is 1. The molecule has 3 heterocycles. The number of hydrogen-bond acceptors (Lipinski definition) is 5. The molecule has 190 valence electrons. The minimum atomic E-state index is -0.183. The number of aromatic amines is 1. The Hall–Kier alpha value is -4.42. The standard InChI is InChI=1S/C32H30N4O2/c37-32-21-31(29-9-1-2-10-30(29)35-32)38-28-8-5-6-24(20-28)23-11-13-25(14-12-23)34-26-15-18-36(19-16-26)22-27-7-3-4-17-33-27/h1-14,17,20-21,26,34H,15-16,18-19,22H2,(H,35,37). The zero-order chi connectivity index (χ0) is 25.7. The molecule has 1 fully saturated rings. The fourth-order valence-electron chi connectivity index (χ4n) is 5.07. The molecule has 0 radical (unpaired) electrons. The van der Waals surface area contributed by atoms with Gasteiger partial charge in [0.25, 0.3) is 5.56 Å². The minimum absolute atomic E-state index is 0.183. The monoisotopic (exact) mass is 502 g/mol. The molecule has 1 aliphatic heterocycles. The van der Waals surface area contributed by atoms with Gasteiger partial charge in [0.2, 0.25) is 0 Å². The van der Waals surface area contributed by atoms with E-state index in [-0.39, 0.29) is 5.56 Å². The largest absolute Gasteiger partial charge is 0.456 e. The van der Waals surface area contributed by atoms with Gasteiger partial charge in [0, 0.05) is 49.0 Å². The summed E-state index contributed by atoms with van der Waals surface area (Å²) in [7, 11) is 0. The second-order valence-electron chi connectivity index (χ2n) is 9.77. The van der Waals surface area contributed by atoms with Crippen molar-refractivity contribution < 1.29 is 4.74 Å². The molecule has 3 aromatic carbocycles. The number of piperidine rings is 1. The third-order valence-electron chi connectivity index (χ3n) is 7.06. The molecule has 0 amide bonds. The number of anilines is 1. The van der Waals surface area contributed by atoms with Crippen LogP contribution in [0.25, 0.3) is 22.0 Å². The number of nitrogens with one attached hydrogen (secondary N) is 2. The summed E-state index contributed by atoms with van der Waals surface area (Å²) in [4.78, 5) is 21.9. The van der Waals surface area contributed by atoms with Gasteiger partial charge in [-0.1, -0.05) is 42.5 Å². The van der Waals surface area contributed by atoms with Gasteiger partial charge >= 0.3 is 0 Å². The van der Waals surface area contributed by atoms with Crippen LogP contribution >= 0.6 is 0 Å². The van der Waals surface area contributed by atoms with Crippen LogP contribution in [0, 0.1) is 0 Å². The zero-order valence-corrected chi connectivity index (χ0v) is 21.1. The Balaban J connectivity index is 1.09. The van der Waals surface area contributed by atoms with E-state index in [0.717, 1.165) is 65.9 Å². The van der Waals surface area contributed by atoms with Crippen molar-refractivity contribution in [2.75, 3.05) is 18.4 Å². The number of H-pyrrole nitrogens is 1. The van der Waals surface area contributed by atoms with Gasteiger partial charge < -0.3 is 15.0 Å². The predicted octanol–water partition coefficient (Wildman–Crippen LogP) is 6.46. The third kappa shape index (κ3) is 5.61. The minimum Gasteiger partial charge on any atom is -0.456 e. The molecule has 1 aliphatic rings. The van der Waals surface area contributed by atoms with E-state index in [2.05, 4.69) is 62.6 Å². The van der Waals surface area contributed by atoms with Crippen molar-refractivity contribution in [1.82, 2.24) is 14.9 Å². The van der Waals surface area contributed by atoms with Crippen molar-refractivity contribution in [3.8, 4) is 22.6 Å². The van der Waals surface area contributed by atoms with Crippen LogP contribution in [0.5, 0.6) is 11.5 Å². The highest BCUT2D eigenvalue weighted by atomic mass is 16.5. The maximum Gasteiger partial charge on any atom is 0.252 e. The fourth-order valence-corrected chi connectivity index (χ4v) is 5.07. The molecule has 2 N–H and O–H groups in total. The number of likely N-dealkylation sites (tertiary alicyclic amines) is 1. The first-order valence-corrected chi connectivity index (χ1v) is 13.1. The summed E-state index contributed by atoms with van der Waals surface area (Å²) in [6.45, 7) is 3.06. The molecule has 6 rings (SSSR count). The van der Waals surface area contributed by atoms with Crippen LogP contribution in [0.2, 0.25) is 0 Å². The predicted molar refractivity (Wildman–Crippen MR) is 153 cm³/mol. The summed E-state index contributed by atoms with van der Waals surface area (Å²) in [5.41, 5.74) is 5.02. The summed E-state index contributed by atoms with van der Waals surface area (Å²) in [6.07, 6.45) is 4.10. The Bertz CT molecular complexity index is 1570. The zero-order valence-electron chi connectivity index (χ0n) is 21.1. The maximum absolute atomic E-state index is 12.1. The van der Waals surface area contributed by atoms with E-state index in [9.17, 15) is 4.79 Å². The molecular formula is C32H30N4O2. The average molecular weight is 503 g/mol. The van der Waals surface area contributed by atoms with Crippen molar-refractivity contribution >= 4 is 16.6 Å². The summed E-state index contributed by atoms with van der Waals surface area (Å²) in [5.74, 6) is 1.24. The van der Waals surface area contributed by atoms with Gasteiger partial charge in [-0.3, -0.25) is 14.7 Å². The summed E-state index contributed by atoms with van der Waals surface area (Å²) < 4.78 is 6.16. The van der Waals surface area contributed by atoms with E-state index >= 15 is 0 Å². The molecule has 1 saturated heterocycles. The number of hydrogen-bond donors (Lipinski definition) is 2. The number of fused-ring (bicyclic) bond motifs is 1. The molecule has 0 atom stereocenters. The Kier molecular flexibility index (Phi) is 6.87. The lowest BCUT2D eigenvalue weighted by Crippen LogP contribution is -2.38. The van der Waals surface area contributed by atoms with E-state index in [1.807, 2.05) is 54.7 Å². The van der Waals surface area contributed by atoms with Gasteiger partial charge in [-0.25, -0.2) is 0 Å². The second-order valence-corrected chi connectivity index (χ2v) is 9.77. The first-order valence-electron chi connectivity index (χ1n) is 13.1. The summed E-state index contributed by atoms with van der Waals surface area (Å²) in [6, 6.07) is 32.3. The number of nitrogens with zero attached hydrogens (tertiary/aromatic N) is 2. The molecule has 0 unspecified atom stereocenters. The van der Waals surface area contributed by atoms with Crippen LogP contribution in [0.3, 0.4) is 0 Å². The lowest BCUT2D eigenvalue weighted by atomic mass is 10.0. The van der Waals surface area contributed by atoms with Gasteiger partial charge in [-0.15, -0.1) is 0 Å². The van der Waals surface area contributed by atoms with Crippen molar-refractivity contribution in [1.29, 1.82) is 0 Å². The van der Waals surface area contributed by atoms with Crippen LogP contribution in [-0.4, -0.2) is 34.0 Å². The lowest BCUT2D eigenvalue weighted by Gasteiger charge is -2.32. The molecule has 0 saturated carbocycles. The number of rotatable bonds is 7. The SMILES string of the molecule is O=c1cc(Oc2cccc(-c3ccc(NC4CCN(Cc5ccccn5)CC4)cc3)c2)c2ccccc2[nH]1. The molecule has 6 heteroatoms. The maximum atomic E-state index is 12.1. The molecule has 38 heavy (non-hydrogen) atoms. The molecule has 0 aliphatic carbocycles. The topological polar surface area (TPSA) is 70.2 Å². The van der Waals surface area contributed by atoms with E-state index in [4.69, 9.17) is 4.74 Å². The van der Waals surface area contributed by atoms with E-state index in [0.29, 0.717) is 17.5 Å². The Morgan fingerprint density at radius 3 is 2.50 bits per heavy atom. The van der Waals surface area contributed by atoms with Crippen LogP contribution in [0.4, 0.5) is 5.69 Å². The molecule has 5 aromatic rings. The first-order chi connectivity index (χ1) is 18.7. The fraction of sp³-hybridized carbons (Fsp3) is 0.188. The first kappa shape index (κ1) is 23.9. The summed E-state index contributed by atoms with van der Waals surface area (Å²) >= 11 is 0. The van der Waals surface area contributed by atoms with Crippen LogP contribution in [-0.2, 0) is 6.54 Å². The van der Waals surface area contributed by atoms with E-state index < -0.39 is 0 Å². The molecule has 0 bridgehead atoms. The third-order valence-corrected chi connectivity index (χ3v) is 7.06.